The molecule has 0 bridgehead atoms. The smallest absolute Gasteiger partial charge is 0.117 e. The SMILES string of the molecule is CC(C)(C)NC[C@H](O)c1ccc(O)cc1Cl. The maximum absolute atomic E-state index is 9.93. The second-order valence-corrected chi connectivity index (χ2v) is 5.26. The minimum atomic E-state index is -0.674. The number of nitrogens with one attached hydrogen (secondary N) is 1. The lowest BCUT2D eigenvalue weighted by Crippen LogP contribution is -2.38. The monoisotopic (exact) mass is 243 g/mol. The fourth-order valence-electron chi connectivity index (χ4n) is 1.30. The van der Waals surface area contributed by atoms with Gasteiger partial charge in [-0.1, -0.05) is 17.7 Å². The van der Waals surface area contributed by atoms with Gasteiger partial charge in [0.05, 0.1) is 11.1 Å². The number of benzene rings is 1. The number of β-amino-alcohol motifs (C(OH)–C–C–N with tert-alkyl or cyclic N) is 1. The van der Waals surface area contributed by atoms with Crippen LogP contribution in [0.2, 0.25) is 5.02 Å². The van der Waals surface area contributed by atoms with Crippen LogP contribution < -0.4 is 5.32 Å². The lowest BCUT2D eigenvalue weighted by atomic mass is 10.1. The van der Waals surface area contributed by atoms with Crippen LogP contribution in [0.25, 0.3) is 0 Å². The van der Waals surface area contributed by atoms with Gasteiger partial charge in [0, 0.05) is 17.6 Å². The van der Waals surface area contributed by atoms with Gasteiger partial charge >= 0.3 is 0 Å². The van der Waals surface area contributed by atoms with Crippen molar-refractivity contribution in [2.75, 3.05) is 6.54 Å². The van der Waals surface area contributed by atoms with Gasteiger partial charge in [0.2, 0.25) is 0 Å². The molecule has 3 N–H and O–H groups in total. The van der Waals surface area contributed by atoms with E-state index < -0.39 is 6.10 Å². The number of hydrogen-bond donors (Lipinski definition) is 3. The highest BCUT2D eigenvalue weighted by molar-refractivity contribution is 6.31. The molecular weight excluding hydrogens is 226 g/mol. The molecule has 4 heteroatoms. The maximum Gasteiger partial charge on any atom is 0.117 e. The molecule has 0 aliphatic rings. The first kappa shape index (κ1) is 13.3. The number of phenols is 1. The number of hydrogen-bond acceptors (Lipinski definition) is 3. The molecule has 0 amide bonds. The maximum atomic E-state index is 9.93. The lowest BCUT2D eigenvalue weighted by molar-refractivity contribution is 0.163. The van der Waals surface area contributed by atoms with Crippen molar-refractivity contribution in [2.45, 2.75) is 32.4 Å². The van der Waals surface area contributed by atoms with E-state index in [4.69, 9.17) is 11.6 Å². The van der Waals surface area contributed by atoms with Crippen LogP contribution in [0.15, 0.2) is 18.2 Å². The van der Waals surface area contributed by atoms with Crippen molar-refractivity contribution < 1.29 is 10.2 Å². The van der Waals surface area contributed by atoms with Crippen molar-refractivity contribution >= 4 is 11.6 Å². The molecule has 0 aromatic heterocycles. The van der Waals surface area contributed by atoms with E-state index in [2.05, 4.69) is 5.32 Å². The third kappa shape index (κ3) is 4.00. The number of aromatic hydroxyl groups is 1. The lowest BCUT2D eigenvalue weighted by Gasteiger charge is -2.23. The molecule has 0 aliphatic carbocycles. The first-order chi connectivity index (χ1) is 7.29. The van der Waals surface area contributed by atoms with Gasteiger partial charge in [0.1, 0.15) is 5.75 Å². The summed E-state index contributed by atoms with van der Waals surface area (Å²) in [5.41, 5.74) is 0.570. The molecule has 16 heavy (non-hydrogen) atoms. The topological polar surface area (TPSA) is 52.5 Å². The summed E-state index contributed by atoms with van der Waals surface area (Å²) < 4.78 is 0. The summed E-state index contributed by atoms with van der Waals surface area (Å²) in [6.07, 6.45) is -0.674. The van der Waals surface area contributed by atoms with Gasteiger partial charge in [-0.2, -0.15) is 0 Å². The van der Waals surface area contributed by atoms with Crippen LogP contribution >= 0.6 is 11.6 Å². The summed E-state index contributed by atoms with van der Waals surface area (Å²) >= 11 is 5.93. The Balaban J connectivity index is 2.70. The molecule has 90 valence electrons. The highest BCUT2D eigenvalue weighted by Gasteiger charge is 2.15. The predicted octanol–water partition coefficient (Wildman–Crippen LogP) is 2.47. The Kier molecular flexibility index (Phi) is 4.19. The van der Waals surface area contributed by atoms with Crippen molar-refractivity contribution in [2.24, 2.45) is 0 Å². The largest absolute Gasteiger partial charge is 0.508 e. The molecule has 0 spiro atoms. The summed E-state index contributed by atoms with van der Waals surface area (Å²) in [5, 5.41) is 22.7. The van der Waals surface area contributed by atoms with Gasteiger partial charge in [-0.3, -0.25) is 0 Å². The Bertz CT molecular complexity index is 361. The van der Waals surface area contributed by atoms with Gasteiger partial charge < -0.3 is 15.5 Å². The zero-order valence-corrected chi connectivity index (χ0v) is 10.5. The number of phenolic OH excluding ortho intramolecular Hbond substituents is 1. The van der Waals surface area contributed by atoms with Crippen molar-refractivity contribution in [1.29, 1.82) is 0 Å². The molecule has 0 fully saturated rings. The third-order valence-electron chi connectivity index (χ3n) is 2.17. The fraction of sp³-hybridized carbons (Fsp3) is 0.500. The van der Waals surface area contributed by atoms with E-state index in [1.165, 1.54) is 12.1 Å². The second kappa shape index (κ2) is 5.04. The number of aliphatic hydroxyl groups excluding tert-OH is 1. The zero-order valence-electron chi connectivity index (χ0n) is 9.79. The van der Waals surface area contributed by atoms with E-state index in [1.54, 1.807) is 6.07 Å². The van der Waals surface area contributed by atoms with E-state index in [-0.39, 0.29) is 11.3 Å². The van der Waals surface area contributed by atoms with Crippen molar-refractivity contribution in [1.82, 2.24) is 5.32 Å². The van der Waals surface area contributed by atoms with Gasteiger partial charge in [-0.05, 0) is 32.9 Å². The predicted molar refractivity (Wildman–Crippen MR) is 65.8 cm³/mol. The van der Waals surface area contributed by atoms with Crippen LogP contribution in [-0.4, -0.2) is 22.3 Å². The number of aliphatic hydroxyl groups is 1. The Hall–Kier alpha value is -0.770. The van der Waals surface area contributed by atoms with Crippen LogP contribution in [0, 0.1) is 0 Å². The van der Waals surface area contributed by atoms with Crippen molar-refractivity contribution in [3.63, 3.8) is 0 Å². The highest BCUT2D eigenvalue weighted by atomic mass is 35.5. The van der Waals surface area contributed by atoms with E-state index >= 15 is 0 Å². The molecule has 1 rings (SSSR count). The quantitative estimate of drug-likeness (QED) is 0.765. The summed E-state index contributed by atoms with van der Waals surface area (Å²) in [6, 6.07) is 4.57. The summed E-state index contributed by atoms with van der Waals surface area (Å²) in [4.78, 5) is 0. The van der Waals surface area contributed by atoms with Gasteiger partial charge in [-0.15, -0.1) is 0 Å². The molecular formula is C12H18ClNO2. The minimum absolute atomic E-state index is 0.0512. The number of rotatable bonds is 3. The molecule has 1 aromatic carbocycles. The Morgan fingerprint density at radius 1 is 1.38 bits per heavy atom. The van der Waals surface area contributed by atoms with Crippen molar-refractivity contribution in [3.8, 4) is 5.75 Å². The van der Waals surface area contributed by atoms with E-state index in [1.807, 2.05) is 20.8 Å². The first-order valence-corrected chi connectivity index (χ1v) is 5.59. The van der Waals surface area contributed by atoms with Crippen LogP contribution in [0.5, 0.6) is 5.75 Å². The molecule has 0 saturated carbocycles. The average Bonchev–Trinajstić information content (AvgIpc) is 2.13. The zero-order chi connectivity index (χ0) is 12.3. The third-order valence-corrected chi connectivity index (χ3v) is 2.50. The van der Waals surface area contributed by atoms with E-state index in [0.717, 1.165) is 0 Å². The molecule has 0 aliphatic heterocycles. The standard InChI is InChI=1S/C12H18ClNO2/c1-12(2,3)14-7-11(16)9-5-4-8(15)6-10(9)13/h4-6,11,14-16H,7H2,1-3H3/t11-/m0/s1. The molecule has 0 heterocycles. The van der Waals surface area contributed by atoms with Crippen LogP contribution in [-0.2, 0) is 0 Å². The number of halogens is 1. The van der Waals surface area contributed by atoms with Gasteiger partial charge in [0.15, 0.2) is 0 Å². The van der Waals surface area contributed by atoms with Crippen LogP contribution in [0.3, 0.4) is 0 Å². The fourth-order valence-corrected chi connectivity index (χ4v) is 1.60. The Labute approximate surface area is 101 Å². The molecule has 1 aromatic rings. The Morgan fingerprint density at radius 3 is 2.50 bits per heavy atom. The van der Waals surface area contributed by atoms with E-state index in [0.29, 0.717) is 17.1 Å². The molecule has 0 radical (unpaired) electrons. The first-order valence-electron chi connectivity index (χ1n) is 5.21. The molecule has 0 unspecified atom stereocenters. The van der Waals surface area contributed by atoms with Gasteiger partial charge in [0.25, 0.3) is 0 Å². The minimum Gasteiger partial charge on any atom is -0.508 e. The van der Waals surface area contributed by atoms with Crippen molar-refractivity contribution in [3.05, 3.63) is 28.8 Å². The van der Waals surface area contributed by atoms with E-state index in [9.17, 15) is 10.2 Å². The second-order valence-electron chi connectivity index (χ2n) is 4.85. The normalized spacial score (nSPS) is 13.8. The highest BCUT2D eigenvalue weighted by Crippen LogP contribution is 2.26. The molecule has 0 saturated heterocycles. The molecule has 1 atom stereocenters. The molecule has 3 nitrogen and oxygen atoms in total. The van der Waals surface area contributed by atoms with Crippen LogP contribution in [0.4, 0.5) is 0 Å². The summed E-state index contributed by atoms with van der Waals surface area (Å²) in [5.74, 6) is 0.102. The summed E-state index contributed by atoms with van der Waals surface area (Å²) in [7, 11) is 0. The van der Waals surface area contributed by atoms with Gasteiger partial charge in [-0.25, -0.2) is 0 Å². The van der Waals surface area contributed by atoms with Crippen LogP contribution in [0.1, 0.15) is 32.4 Å². The average molecular weight is 244 g/mol. The Morgan fingerprint density at radius 2 is 2.00 bits per heavy atom. The summed E-state index contributed by atoms with van der Waals surface area (Å²) in [6.45, 7) is 6.50.